The molecule has 6 rings (SSSR count). The first-order valence-corrected chi connectivity index (χ1v) is 16.1. The Balaban J connectivity index is 1.32. The minimum absolute atomic E-state index is 0.0938. The maximum Gasteiger partial charge on any atom is 0.332 e. The molecule has 1 saturated carbocycles. The third-order valence-electron chi connectivity index (χ3n) is 8.70. The molecule has 13 heteroatoms. The number of hydrogen-bond acceptors (Lipinski definition) is 9. The van der Waals surface area contributed by atoms with Crippen LogP contribution in [0.2, 0.25) is 0 Å². The molecular formula is C32H34BN5O6S. The Morgan fingerprint density at radius 2 is 2.04 bits per heavy atom. The third kappa shape index (κ3) is 6.44. The van der Waals surface area contributed by atoms with Gasteiger partial charge in [-0.05, 0) is 49.3 Å². The molecule has 2 N–H and O–H groups in total. The van der Waals surface area contributed by atoms with E-state index < -0.39 is 47.3 Å². The van der Waals surface area contributed by atoms with Crippen LogP contribution in [0, 0.1) is 5.92 Å². The highest BCUT2D eigenvalue weighted by Crippen LogP contribution is 2.46. The lowest BCUT2D eigenvalue weighted by Gasteiger charge is -2.29. The Hall–Kier alpha value is -4.26. The summed E-state index contributed by atoms with van der Waals surface area (Å²) in [5.74, 6) is -1.86. The number of methoxy groups -OCH3 is 1. The summed E-state index contributed by atoms with van der Waals surface area (Å²) in [7, 11) is 6.76. The maximum atomic E-state index is 14.0. The zero-order valence-electron chi connectivity index (χ0n) is 24.9. The second-order valence-corrected chi connectivity index (χ2v) is 12.6. The molecule has 11 nitrogen and oxygen atoms in total. The van der Waals surface area contributed by atoms with Gasteiger partial charge in [0.25, 0.3) is 0 Å². The summed E-state index contributed by atoms with van der Waals surface area (Å²) in [6.07, 6.45) is 9.29. The molecule has 2 fully saturated rings. The third-order valence-corrected chi connectivity index (χ3v) is 9.62. The van der Waals surface area contributed by atoms with Gasteiger partial charge in [0.15, 0.2) is 5.81 Å². The number of thiophene rings is 1. The van der Waals surface area contributed by atoms with Crippen LogP contribution in [0.4, 0.5) is 4.79 Å². The number of esters is 1. The number of ether oxygens (including phenoxy) is 2. The van der Waals surface area contributed by atoms with Gasteiger partial charge in [-0.2, -0.15) is 0 Å². The molecule has 3 aliphatic rings. The molecule has 2 radical (unpaired) electrons. The second-order valence-electron chi connectivity index (χ2n) is 11.7. The van der Waals surface area contributed by atoms with Crippen molar-refractivity contribution in [1.29, 1.82) is 0 Å². The fraction of sp³-hybridized carbons (Fsp3) is 0.438. The van der Waals surface area contributed by atoms with Crippen LogP contribution >= 0.6 is 11.3 Å². The van der Waals surface area contributed by atoms with E-state index in [1.54, 1.807) is 6.20 Å². The van der Waals surface area contributed by atoms with Crippen molar-refractivity contribution in [3.63, 3.8) is 0 Å². The summed E-state index contributed by atoms with van der Waals surface area (Å²) in [5, 5.41) is 7.45. The van der Waals surface area contributed by atoms with Crippen molar-refractivity contribution >= 4 is 53.0 Å². The van der Waals surface area contributed by atoms with E-state index in [9.17, 15) is 19.2 Å². The lowest BCUT2D eigenvalue weighted by Crippen LogP contribution is -2.56. The number of nitrogens with one attached hydrogen (secondary N) is 2. The van der Waals surface area contributed by atoms with Crippen LogP contribution in [0.25, 0.3) is 21.6 Å². The largest absolute Gasteiger partial charge is 0.487 e. The monoisotopic (exact) mass is 627 g/mol. The van der Waals surface area contributed by atoms with Crippen molar-refractivity contribution in [2.45, 2.75) is 68.7 Å². The lowest BCUT2D eigenvalue weighted by molar-refractivity contribution is -0.148. The van der Waals surface area contributed by atoms with Crippen molar-refractivity contribution in [3.05, 3.63) is 54.1 Å². The fourth-order valence-corrected chi connectivity index (χ4v) is 7.12. The lowest BCUT2D eigenvalue weighted by atomic mass is 10.0. The first-order valence-electron chi connectivity index (χ1n) is 15.2. The predicted molar refractivity (Wildman–Crippen MR) is 169 cm³/mol. The van der Waals surface area contributed by atoms with Gasteiger partial charge in [0.05, 0.1) is 35.3 Å². The summed E-state index contributed by atoms with van der Waals surface area (Å²) in [6, 6.07) is 7.45. The molecule has 0 unspecified atom stereocenters. The van der Waals surface area contributed by atoms with E-state index in [1.165, 1.54) is 23.3 Å². The number of fused-ring (bicyclic) bond motifs is 3. The summed E-state index contributed by atoms with van der Waals surface area (Å²) in [5.41, 5.74) is 0.882. The quantitative estimate of drug-likeness (QED) is 0.249. The molecule has 1 saturated heterocycles. The van der Waals surface area contributed by atoms with Crippen molar-refractivity contribution in [3.8, 4) is 17.1 Å². The number of allylic oxidation sites excluding steroid dienone is 1. The highest BCUT2D eigenvalue weighted by Gasteiger charge is 2.62. The molecule has 0 spiro atoms. The zero-order valence-corrected chi connectivity index (χ0v) is 25.8. The van der Waals surface area contributed by atoms with E-state index in [1.807, 2.05) is 47.9 Å². The Morgan fingerprint density at radius 1 is 1.18 bits per heavy atom. The first kappa shape index (κ1) is 30.8. The van der Waals surface area contributed by atoms with Crippen LogP contribution in [0.1, 0.15) is 44.9 Å². The number of carbonyl (C=O) groups excluding carboxylic acids is 4. The average molecular weight is 628 g/mol. The van der Waals surface area contributed by atoms with Gasteiger partial charge in [-0.15, -0.1) is 11.3 Å². The summed E-state index contributed by atoms with van der Waals surface area (Å²) < 4.78 is 12.5. The topological polar surface area (TPSA) is 140 Å². The number of aromatic nitrogens is 2. The van der Waals surface area contributed by atoms with Crippen LogP contribution in [0.5, 0.6) is 5.75 Å². The van der Waals surface area contributed by atoms with E-state index in [0.717, 1.165) is 29.5 Å². The molecule has 3 aromatic rings. The van der Waals surface area contributed by atoms with Crippen LogP contribution in [-0.4, -0.2) is 83.7 Å². The van der Waals surface area contributed by atoms with Gasteiger partial charge < -0.3 is 25.0 Å². The smallest absolute Gasteiger partial charge is 0.332 e. The molecule has 1 aliphatic carbocycles. The van der Waals surface area contributed by atoms with Crippen molar-refractivity contribution < 1.29 is 28.7 Å². The molecule has 2 aliphatic heterocycles. The minimum atomic E-state index is -1.19. The Labute approximate surface area is 266 Å². The highest BCUT2D eigenvalue weighted by atomic mass is 32.1. The molecule has 0 aromatic carbocycles. The van der Waals surface area contributed by atoms with E-state index >= 15 is 0 Å². The predicted octanol–water partition coefficient (Wildman–Crippen LogP) is 3.52. The molecule has 45 heavy (non-hydrogen) atoms. The standard InChI is InChI=1S/C32H34BN5O6S/c1-43-30(41)32-17-19(32)9-5-3-2-4-6-11-23(36-31(33)42)29(40)38-18-20(15-25(38)28(39)37-32)44-26-16-24(21-10-7-8-13-34-21)35-22-12-14-45-27(22)26/h5,7-10,12-14,16,19-20,23,25H,2-4,6,11,15,17-18H2,1H3,(H,36,42)(H,37,39)/b9-5-/t19-,20-,23+,25+,32-/m1/s1. The normalized spacial score (nSPS) is 27.7. The van der Waals surface area contributed by atoms with Gasteiger partial charge in [0, 0.05) is 24.6 Å². The number of amides is 3. The number of hydrogen-bond donors (Lipinski definition) is 2. The van der Waals surface area contributed by atoms with E-state index in [2.05, 4.69) is 15.6 Å². The maximum absolute atomic E-state index is 14.0. The molecule has 3 aromatic heterocycles. The Kier molecular flexibility index (Phi) is 8.89. The summed E-state index contributed by atoms with van der Waals surface area (Å²) in [4.78, 5) is 63.4. The Bertz CT molecular complexity index is 1630. The minimum Gasteiger partial charge on any atom is -0.487 e. The van der Waals surface area contributed by atoms with Crippen molar-refractivity contribution in [2.75, 3.05) is 13.7 Å². The molecule has 0 bridgehead atoms. The van der Waals surface area contributed by atoms with Crippen LogP contribution in [-0.2, 0) is 19.1 Å². The second kappa shape index (κ2) is 13.0. The van der Waals surface area contributed by atoms with Gasteiger partial charge in [0.1, 0.15) is 29.5 Å². The van der Waals surface area contributed by atoms with E-state index in [0.29, 0.717) is 36.4 Å². The highest BCUT2D eigenvalue weighted by molar-refractivity contribution is 7.17. The summed E-state index contributed by atoms with van der Waals surface area (Å²) in [6.45, 7) is 0.0938. The molecule has 5 heterocycles. The SMILES string of the molecule is [B]C(=O)N[C@H]1CCCCC/C=C\[C@@H]2C[C@@]2(C(=O)OC)NC(=O)[C@@H]2C[C@@H](Oc3cc(-c4ccccn4)nc4ccsc34)CN2C1=O. The summed E-state index contributed by atoms with van der Waals surface area (Å²) >= 11 is 1.48. The average Bonchev–Trinajstić information content (AvgIpc) is 3.32. The molecule has 5 atom stereocenters. The van der Waals surface area contributed by atoms with Gasteiger partial charge in [-0.25, -0.2) is 9.78 Å². The van der Waals surface area contributed by atoms with Gasteiger partial charge in [0.2, 0.25) is 19.7 Å². The van der Waals surface area contributed by atoms with E-state index in [4.69, 9.17) is 22.3 Å². The molecular weight excluding hydrogens is 593 g/mol. The van der Waals surface area contributed by atoms with E-state index in [-0.39, 0.29) is 18.9 Å². The zero-order chi connectivity index (χ0) is 31.6. The van der Waals surface area contributed by atoms with Crippen LogP contribution < -0.4 is 15.4 Å². The van der Waals surface area contributed by atoms with Gasteiger partial charge >= 0.3 is 5.97 Å². The Morgan fingerprint density at radius 3 is 2.82 bits per heavy atom. The number of nitrogens with zero attached hydrogens (tertiary/aromatic N) is 3. The molecule has 232 valence electrons. The van der Waals surface area contributed by atoms with Crippen LogP contribution in [0.15, 0.2) is 54.1 Å². The number of carbonyl (C=O) groups is 4. The van der Waals surface area contributed by atoms with Crippen molar-refractivity contribution in [1.82, 2.24) is 25.5 Å². The van der Waals surface area contributed by atoms with Crippen LogP contribution in [0.3, 0.4) is 0 Å². The number of pyridine rings is 2. The van der Waals surface area contributed by atoms with Crippen molar-refractivity contribution in [2.24, 2.45) is 5.92 Å². The fourth-order valence-electron chi connectivity index (χ4n) is 6.33. The van der Waals surface area contributed by atoms with Gasteiger partial charge in [-0.1, -0.05) is 31.1 Å². The first-order chi connectivity index (χ1) is 21.8. The molecule has 3 amide bonds. The number of rotatable bonds is 5. The van der Waals surface area contributed by atoms with Gasteiger partial charge in [-0.3, -0.25) is 19.4 Å².